The molecule has 0 aromatic heterocycles. The molecule has 10 nitrogen and oxygen atoms in total. The van der Waals surface area contributed by atoms with Crippen molar-refractivity contribution in [1.82, 2.24) is 15.1 Å². The van der Waals surface area contributed by atoms with Crippen LogP contribution in [-0.4, -0.2) is 86.1 Å². The number of rotatable bonds is 3. The average molecular weight is 463 g/mol. The summed E-state index contributed by atoms with van der Waals surface area (Å²) in [5, 5.41) is 23.9. The Hall–Kier alpha value is -3.15. The summed E-state index contributed by atoms with van der Waals surface area (Å²) in [7, 11) is 4.24. The lowest BCUT2D eigenvalue weighted by Gasteiger charge is -2.33. The molecule has 4 rings (SSSR count). The van der Waals surface area contributed by atoms with Gasteiger partial charge in [0.05, 0.1) is 15.9 Å². The van der Waals surface area contributed by atoms with Crippen LogP contribution in [0, 0.1) is 26.0 Å². The zero-order chi connectivity index (χ0) is 24.2. The zero-order valence-corrected chi connectivity index (χ0v) is 19.0. The number of non-ortho nitro benzene ring substituents is 2. The molecular formula is C22H31FN6O4. The third kappa shape index (κ3) is 9.48. The summed E-state index contributed by atoms with van der Waals surface area (Å²) in [5.74, 6) is -0.589. The van der Waals surface area contributed by atoms with Crippen LogP contribution >= 0.6 is 0 Å². The van der Waals surface area contributed by atoms with Crippen molar-refractivity contribution in [2.45, 2.75) is 0 Å². The highest BCUT2D eigenvalue weighted by Crippen LogP contribution is 2.21. The van der Waals surface area contributed by atoms with E-state index in [0.717, 1.165) is 57.1 Å². The molecule has 180 valence electrons. The summed E-state index contributed by atoms with van der Waals surface area (Å²) in [6.07, 6.45) is 0. The minimum atomic E-state index is -0.636. The minimum absolute atomic E-state index is 0.163. The Morgan fingerprint density at radius 1 is 0.788 bits per heavy atom. The van der Waals surface area contributed by atoms with Gasteiger partial charge in [-0.15, -0.1) is 0 Å². The van der Waals surface area contributed by atoms with Crippen molar-refractivity contribution in [3.8, 4) is 0 Å². The fraction of sp³-hybridized carbons (Fsp3) is 0.455. The number of nitro benzene ring substituents is 2. The molecule has 0 unspecified atom stereocenters. The van der Waals surface area contributed by atoms with Crippen LogP contribution in [0.15, 0.2) is 48.5 Å². The van der Waals surface area contributed by atoms with Gasteiger partial charge in [0, 0.05) is 76.2 Å². The molecule has 0 atom stereocenters. The largest absolute Gasteiger partial charge is 0.369 e. The van der Waals surface area contributed by atoms with E-state index < -0.39 is 10.7 Å². The molecule has 2 fully saturated rings. The summed E-state index contributed by atoms with van der Waals surface area (Å²) >= 11 is 0. The average Bonchev–Trinajstić information content (AvgIpc) is 2.81. The number of likely N-dealkylation sites (N-methyl/N-ethyl adjacent to an activating group) is 2. The first-order valence-electron chi connectivity index (χ1n) is 10.7. The first-order chi connectivity index (χ1) is 15.8. The molecule has 2 aromatic carbocycles. The Kier molecular flexibility index (Phi) is 10.6. The first-order valence-corrected chi connectivity index (χ1v) is 10.7. The van der Waals surface area contributed by atoms with Crippen LogP contribution in [0.1, 0.15) is 0 Å². The Morgan fingerprint density at radius 3 is 1.76 bits per heavy atom. The van der Waals surface area contributed by atoms with Crippen molar-refractivity contribution in [3.05, 3.63) is 74.6 Å². The molecule has 0 radical (unpaired) electrons. The van der Waals surface area contributed by atoms with Gasteiger partial charge in [-0.05, 0) is 26.2 Å². The van der Waals surface area contributed by atoms with Crippen molar-refractivity contribution in [2.75, 3.05) is 71.4 Å². The summed E-state index contributed by atoms with van der Waals surface area (Å²) in [5.41, 5.74) is 0.888. The van der Waals surface area contributed by atoms with E-state index in [-0.39, 0.29) is 16.3 Å². The molecule has 2 aromatic rings. The smallest absolute Gasteiger partial charge is 0.272 e. The van der Waals surface area contributed by atoms with Crippen molar-refractivity contribution in [1.29, 1.82) is 0 Å². The number of hydrogen-bond donors (Lipinski definition) is 1. The summed E-state index contributed by atoms with van der Waals surface area (Å²) < 4.78 is 12.2. The summed E-state index contributed by atoms with van der Waals surface area (Å²) in [6, 6.07) is 11.4. The third-order valence-electron chi connectivity index (χ3n) is 5.27. The Bertz CT molecular complexity index is 902. The number of piperazine rings is 2. The van der Waals surface area contributed by atoms with Gasteiger partial charge in [0.15, 0.2) is 0 Å². The fourth-order valence-corrected chi connectivity index (χ4v) is 3.23. The third-order valence-corrected chi connectivity index (χ3v) is 5.27. The van der Waals surface area contributed by atoms with E-state index in [2.05, 4.69) is 34.1 Å². The van der Waals surface area contributed by atoms with Gasteiger partial charge in [-0.1, -0.05) is 12.1 Å². The van der Waals surface area contributed by atoms with E-state index in [1.165, 1.54) is 31.3 Å². The van der Waals surface area contributed by atoms with Gasteiger partial charge in [-0.25, -0.2) is 4.39 Å². The Balaban J connectivity index is 0.000000193. The fourth-order valence-electron chi connectivity index (χ4n) is 3.23. The normalized spacial score (nSPS) is 16.6. The lowest BCUT2D eigenvalue weighted by atomic mass is 10.2. The lowest BCUT2D eigenvalue weighted by molar-refractivity contribution is -0.385. The van der Waals surface area contributed by atoms with Crippen LogP contribution in [0.4, 0.5) is 21.5 Å². The maximum atomic E-state index is 12.2. The quantitative estimate of drug-likeness (QED) is 0.548. The monoisotopic (exact) mass is 462 g/mol. The number of nitrogens with zero attached hydrogens (tertiary/aromatic N) is 5. The van der Waals surface area contributed by atoms with Crippen LogP contribution < -0.4 is 10.2 Å². The number of benzene rings is 2. The number of nitro groups is 2. The molecule has 0 aliphatic carbocycles. The van der Waals surface area contributed by atoms with Crippen LogP contribution in [0.25, 0.3) is 0 Å². The second kappa shape index (κ2) is 13.4. The molecule has 2 heterocycles. The van der Waals surface area contributed by atoms with Crippen molar-refractivity contribution >= 4 is 17.1 Å². The lowest BCUT2D eigenvalue weighted by Crippen LogP contribution is -2.44. The van der Waals surface area contributed by atoms with Crippen LogP contribution in [-0.2, 0) is 0 Å². The zero-order valence-electron chi connectivity index (χ0n) is 19.0. The predicted molar refractivity (Wildman–Crippen MR) is 126 cm³/mol. The number of nitrogens with one attached hydrogen (secondary N) is 1. The van der Waals surface area contributed by atoms with E-state index in [1.54, 1.807) is 12.1 Å². The van der Waals surface area contributed by atoms with E-state index in [1.807, 2.05) is 6.07 Å². The Morgan fingerprint density at radius 2 is 1.30 bits per heavy atom. The molecule has 0 spiro atoms. The number of hydrogen-bond acceptors (Lipinski definition) is 8. The topological polar surface area (TPSA) is 108 Å². The van der Waals surface area contributed by atoms with E-state index in [9.17, 15) is 24.6 Å². The van der Waals surface area contributed by atoms with Crippen molar-refractivity contribution in [2.24, 2.45) is 0 Å². The highest BCUT2D eigenvalue weighted by molar-refractivity contribution is 5.53. The summed E-state index contributed by atoms with van der Waals surface area (Å²) in [6.45, 7) is 8.60. The summed E-state index contributed by atoms with van der Waals surface area (Å²) in [4.78, 5) is 26.5. The van der Waals surface area contributed by atoms with Crippen molar-refractivity contribution in [3.63, 3.8) is 0 Å². The molecule has 2 aliphatic heterocycles. The molecular weight excluding hydrogens is 431 g/mol. The highest BCUT2D eigenvalue weighted by Gasteiger charge is 2.16. The van der Waals surface area contributed by atoms with Gasteiger partial charge in [0.2, 0.25) is 0 Å². The standard InChI is InChI=1S/C11H15N3O2.C6H4FNO2.C5H12N2/c1-12-5-7-13(8-6-12)10-3-2-4-11(9-10)14(15)16;7-5-2-1-3-6(4-5)8(9)10;1-7-4-2-6-3-5-7/h2-4,9H,5-8H2,1H3;1-4H;6H,2-5H2,1H3. The maximum absolute atomic E-state index is 12.2. The predicted octanol–water partition coefficient (Wildman–Crippen LogP) is 2.60. The van der Waals surface area contributed by atoms with Crippen molar-refractivity contribution < 1.29 is 14.2 Å². The van der Waals surface area contributed by atoms with Gasteiger partial charge in [0.25, 0.3) is 11.4 Å². The Labute approximate surface area is 192 Å². The number of halogens is 1. The maximum Gasteiger partial charge on any atom is 0.272 e. The SMILES string of the molecule is CN1CCN(c2cccc([N+](=O)[O-])c2)CC1.CN1CCNCC1.O=[N+]([O-])c1cccc(F)c1. The van der Waals surface area contributed by atoms with Crippen LogP contribution in [0.3, 0.4) is 0 Å². The minimum Gasteiger partial charge on any atom is -0.369 e. The second-order valence-corrected chi connectivity index (χ2v) is 7.86. The molecule has 2 saturated heterocycles. The molecule has 0 amide bonds. The highest BCUT2D eigenvalue weighted by atomic mass is 19.1. The second-order valence-electron chi connectivity index (χ2n) is 7.86. The molecule has 0 bridgehead atoms. The molecule has 11 heteroatoms. The molecule has 33 heavy (non-hydrogen) atoms. The van der Waals surface area contributed by atoms with Crippen LogP contribution in [0.5, 0.6) is 0 Å². The van der Waals surface area contributed by atoms with Gasteiger partial charge >= 0.3 is 0 Å². The van der Waals surface area contributed by atoms with Gasteiger partial charge in [-0.2, -0.15) is 0 Å². The van der Waals surface area contributed by atoms with Gasteiger partial charge in [-0.3, -0.25) is 20.2 Å². The van der Waals surface area contributed by atoms with Gasteiger partial charge < -0.3 is 20.0 Å². The molecule has 2 aliphatic rings. The molecule has 1 N–H and O–H groups in total. The number of anilines is 1. The first kappa shape index (κ1) is 26.1. The van der Waals surface area contributed by atoms with E-state index in [0.29, 0.717) is 0 Å². The molecule has 0 saturated carbocycles. The van der Waals surface area contributed by atoms with E-state index in [4.69, 9.17) is 0 Å². The van der Waals surface area contributed by atoms with E-state index >= 15 is 0 Å². The van der Waals surface area contributed by atoms with Crippen LogP contribution in [0.2, 0.25) is 0 Å². The van der Waals surface area contributed by atoms with Gasteiger partial charge in [0.1, 0.15) is 5.82 Å².